The van der Waals surface area contributed by atoms with Gasteiger partial charge in [0, 0.05) is 5.56 Å². The fraction of sp³-hybridized carbons (Fsp3) is 0.182. The fourth-order valence-electron chi connectivity index (χ4n) is 1.35. The van der Waals surface area contributed by atoms with Crippen LogP contribution in [0.15, 0.2) is 28.7 Å². The summed E-state index contributed by atoms with van der Waals surface area (Å²) in [6.45, 7) is 0. The van der Waals surface area contributed by atoms with Crippen LogP contribution in [0.4, 0.5) is 28.0 Å². The topological polar surface area (TPSA) is 77.3 Å². The molecule has 1 heterocycles. The maximum Gasteiger partial charge on any atom is 0.573 e. The summed E-state index contributed by atoms with van der Waals surface area (Å²) in [5.41, 5.74) is -0.0636. The van der Waals surface area contributed by atoms with Crippen LogP contribution in [0.1, 0.15) is 22.7 Å². The molecule has 2 aromatic rings. The monoisotopic (exact) mass is 323 g/mol. The Hall–Kier alpha value is -2.72. The van der Waals surface area contributed by atoms with Gasteiger partial charge in [-0.25, -0.2) is 0 Å². The first-order chi connectivity index (χ1) is 10.2. The molecule has 118 valence electrons. The predicted octanol–water partition coefficient (Wildman–Crippen LogP) is 3.16. The number of halogens is 5. The van der Waals surface area contributed by atoms with Crippen molar-refractivity contribution >= 4 is 11.9 Å². The van der Waals surface area contributed by atoms with Gasteiger partial charge in [0.1, 0.15) is 5.75 Å². The molecule has 1 aromatic carbocycles. The minimum atomic E-state index is -4.85. The normalized spacial score (nSPS) is 11.5. The van der Waals surface area contributed by atoms with Crippen molar-refractivity contribution < 1.29 is 35.9 Å². The van der Waals surface area contributed by atoms with Crippen LogP contribution in [0.3, 0.4) is 0 Å². The molecule has 0 spiro atoms. The van der Waals surface area contributed by atoms with Gasteiger partial charge in [0.25, 0.3) is 11.8 Å². The zero-order chi connectivity index (χ0) is 16.3. The number of benzene rings is 1. The van der Waals surface area contributed by atoms with Gasteiger partial charge < -0.3 is 9.15 Å². The molecule has 2 rings (SSSR count). The van der Waals surface area contributed by atoms with Crippen LogP contribution in [0.2, 0.25) is 0 Å². The molecule has 0 radical (unpaired) electrons. The summed E-state index contributed by atoms with van der Waals surface area (Å²) in [7, 11) is 0. The van der Waals surface area contributed by atoms with Crippen molar-refractivity contribution in [3.63, 3.8) is 0 Å². The number of carbonyl (C=O) groups is 1. The molecule has 0 saturated carbocycles. The molecule has 0 saturated heterocycles. The number of ether oxygens (including phenoxy) is 1. The van der Waals surface area contributed by atoms with Gasteiger partial charge in [0.15, 0.2) is 0 Å². The van der Waals surface area contributed by atoms with E-state index in [0.717, 1.165) is 24.3 Å². The second-order valence-electron chi connectivity index (χ2n) is 3.77. The SMILES string of the molecule is O=C(Nc1nnc(C(F)F)o1)c1ccc(OC(F)(F)F)cc1. The number of hydrogen-bond donors (Lipinski definition) is 1. The Morgan fingerprint density at radius 3 is 2.32 bits per heavy atom. The van der Waals surface area contributed by atoms with Crippen LogP contribution in [0, 0.1) is 0 Å². The van der Waals surface area contributed by atoms with Crippen LogP contribution >= 0.6 is 0 Å². The molecule has 1 amide bonds. The second-order valence-corrected chi connectivity index (χ2v) is 3.77. The zero-order valence-corrected chi connectivity index (χ0v) is 10.4. The maximum atomic E-state index is 12.2. The summed E-state index contributed by atoms with van der Waals surface area (Å²) in [6.07, 6.45) is -7.84. The minimum absolute atomic E-state index is 0.0636. The van der Waals surface area contributed by atoms with Crippen LogP contribution in [0.25, 0.3) is 0 Å². The number of anilines is 1. The van der Waals surface area contributed by atoms with E-state index in [1.807, 2.05) is 5.32 Å². The third-order valence-corrected chi connectivity index (χ3v) is 2.20. The largest absolute Gasteiger partial charge is 0.573 e. The van der Waals surface area contributed by atoms with Crippen LogP contribution in [0.5, 0.6) is 5.75 Å². The number of carbonyl (C=O) groups excluding carboxylic acids is 1. The second kappa shape index (κ2) is 5.95. The Morgan fingerprint density at radius 1 is 1.18 bits per heavy atom. The molecular formula is C11H6F5N3O3. The maximum absolute atomic E-state index is 12.2. The lowest BCUT2D eigenvalue weighted by atomic mass is 10.2. The highest BCUT2D eigenvalue weighted by Gasteiger charge is 2.31. The van der Waals surface area contributed by atoms with Crippen molar-refractivity contribution in [3.8, 4) is 5.75 Å². The molecule has 0 aliphatic carbocycles. The van der Waals surface area contributed by atoms with E-state index in [4.69, 9.17) is 0 Å². The predicted molar refractivity (Wildman–Crippen MR) is 60.3 cm³/mol. The highest BCUT2D eigenvalue weighted by molar-refractivity contribution is 6.03. The highest BCUT2D eigenvalue weighted by Crippen LogP contribution is 2.23. The number of alkyl halides is 5. The molecule has 22 heavy (non-hydrogen) atoms. The average molecular weight is 323 g/mol. The molecule has 6 nitrogen and oxygen atoms in total. The summed E-state index contributed by atoms with van der Waals surface area (Å²) in [5, 5.41) is 8.18. The van der Waals surface area contributed by atoms with Crippen molar-refractivity contribution in [1.82, 2.24) is 10.2 Å². The Kier molecular flexibility index (Phi) is 4.24. The Bertz CT molecular complexity index is 654. The van der Waals surface area contributed by atoms with Crippen LogP contribution in [-0.2, 0) is 0 Å². The van der Waals surface area contributed by atoms with Crippen molar-refractivity contribution in [2.75, 3.05) is 5.32 Å². The lowest BCUT2D eigenvalue weighted by Crippen LogP contribution is -2.17. The van der Waals surface area contributed by atoms with Crippen molar-refractivity contribution in [1.29, 1.82) is 0 Å². The van der Waals surface area contributed by atoms with Crippen molar-refractivity contribution in [2.24, 2.45) is 0 Å². The van der Waals surface area contributed by atoms with E-state index in [1.165, 1.54) is 0 Å². The van der Waals surface area contributed by atoms with Gasteiger partial charge in [-0.3, -0.25) is 10.1 Å². The third-order valence-electron chi connectivity index (χ3n) is 2.20. The number of rotatable bonds is 4. The molecular weight excluding hydrogens is 317 g/mol. The van der Waals surface area contributed by atoms with E-state index < -0.39 is 36.3 Å². The number of hydrogen-bond acceptors (Lipinski definition) is 5. The average Bonchev–Trinajstić information content (AvgIpc) is 2.86. The van der Waals surface area contributed by atoms with E-state index in [0.29, 0.717) is 0 Å². The molecule has 0 fully saturated rings. The van der Waals surface area contributed by atoms with Gasteiger partial charge in [-0.15, -0.1) is 18.3 Å². The Morgan fingerprint density at radius 2 is 1.82 bits per heavy atom. The summed E-state index contributed by atoms with van der Waals surface area (Å²) in [6, 6.07) is 3.36. The molecule has 0 unspecified atom stereocenters. The molecule has 0 aliphatic rings. The quantitative estimate of drug-likeness (QED) is 0.875. The standard InChI is InChI=1S/C11H6F5N3O3/c12-7(13)9-18-19-10(21-9)17-8(20)5-1-3-6(4-2-5)22-11(14,15)16/h1-4,7H,(H,17,19,20). The van der Waals surface area contributed by atoms with Crippen LogP contribution in [-0.4, -0.2) is 22.5 Å². The first-order valence-electron chi connectivity index (χ1n) is 5.53. The van der Waals surface area contributed by atoms with E-state index >= 15 is 0 Å². The van der Waals surface area contributed by atoms with Gasteiger partial charge >= 0.3 is 18.8 Å². The van der Waals surface area contributed by atoms with Crippen LogP contribution < -0.4 is 10.1 Å². The first kappa shape index (κ1) is 15.7. The molecule has 11 heteroatoms. The van der Waals surface area contributed by atoms with Gasteiger partial charge in [-0.1, -0.05) is 5.10 Å². The van der Waals surface area contributed by atoms with Gasteiger partial charge in [-0.05, 0) is 24.3 Å². The summed E-state index contributed by atoms with van der Waals surface area (Å²) >= 11 is 0. The molecule has 0 bridgehead atoms. The van der Waals surface area contributed by atoms with Gasteiger partial charge in [-0.2, -0.15) is 8.78 Å². The van der Waals surface area contributed by atoms with E-state index in [9.17, 15) is 26.7 Å². The number of nitrogens with zero attached hydrogens (tertiary/aromatic N) is 2. The minimum Gasteiger partial charge on any atom is -0.406 e. The van der Waals surface area contributed by atoms with Crippen molar-refractivity contribution in [3.05, 3.63) is 35.7 Å². The van der Waals surface area contributed by atoms with E-state index in [-0.39, 0.29) is 5.56 Å². The molecule has 1 N–H and O–H groups in total. The van der Waals surface area contributed by atoms with E-state index in [2.05, 4.69) is 19.4 Å². The van der Waals surface area contributed by atoms with Gasteiger partial charge in [0.05, 0.1) is 0 Å². The Balaban J connectivity index is 2.03. The smallest absolute Gasteiger partial charge is 0.406 e. The summed E-state index contributed by atoms with van der Waals surface area (Å²) in [4.78, 5) is 11.7. The fourth-order valence-corrected chi connectivity index (χ4v) is 1.35. The third kappa shape index (κ3) is 4.14. The Labute approximate surface area is 118 Å². The lowest BCUT2D eigenvalue weighted by molar-refractivity contribution is -0.274. The number of amides is 1. The summed E-state index contributed by atoms with van der Waals surface area (Å²) < 4.78 is 68.4. The number of aromatic nitrogens is 2. The zero-order valence-electron chi connectivity index (χ0n) is 10.4. The molecule has 1 aromatic heterocycles. The first-order valence-corrected chi connectivity index (χ1v) is 5.53. The van der Waals surface area contributed by atoms with Crippen molar-refractivity contribution in [2.45, 2.75) is 12.8 Å². The van der Waals surface area contributed by atoms with Gasteiger partial charge in [0.2, 0.25) is 0 Å². The lowest BCUT2D eigenvalue weighted by Gasteiger charge is -2.08. The summed E-state index contributed by atoms with van der Waals surface area (Å²) in [5.74, 6) is -2.31. The number of nitrogens with one attached hydrogen (secondary N) is 1. The molecule has 0 aliphatic heterocycles. The molecule has 0 atom stereocenters. The van der Waals surface area contributed by atoms with E-state index in [1.54, 1.807) is 0 Å². The highest BCUT2D eigenvalue weighted by atomic mass is 19.4.